The summed E-state index contributed by atoms with van der Waals surface area (Å²) in [5.41, 5.74) is 2.08. The average Bonchev–Trinajstić information content (AvgIpc) is 3.75. The van der Waals surface area contributed by atoms with Crippen molar-refractivity contribution in [2.75, 3.05) is 0 Å². The maximum absolute atomic E-state index is 12.7. The molecule has 10 nitrogen and oxygen atoms in total. The molecular weight excluding hydrogens is 601 g/mol. The van der Waals surface area contributed by atoms with Gasteiger partial charge in [0.05, 0.1) is 0 Å². The highest BCUT2D eigenvalue weighted by molar-refractivity contribution is 7.11. The SMILES string of the molecule is CC(NC(Oc1nccs1)C(C)OC(=O)/C=C\C(=O)OC(C)C(NC(C)c1ccccc1)Oc1nccs1)c1ccccc1. The van der Waals surface area contributed by atoms with Gasteiger partial charge in [-0.25, -0.2) is 19.6 Å². The Hall–Kier alpha value is -4.10. The number of esters is 2. The van der Waals surface area contributed by atoms with Gasteiger partial charge in [-0.2, -0.15) is 0 Å². The van der Waals surface area contributed by atoms with E-state index in [2.05, 4.69) is 20.6 Å². The first-order chi connectivity index (χ1) is 21.3. The first-order valence-corrected chi connectivity index (χ1v) is 15.9. The second kappa shape index (κ2) is 16.7. The van der Waals surface area contributed by atoms with E-state index in [4.69, 9.17) is 18.9 Å². The summed E-state index contributed by atoms with van der Waals surface area (Å²) in [5.74, 6) is -1.45. The average molecular weight is 637 g/mol. The summed E-state index contributed by atoms with van der Waals surface area (Å²) >= 11 is 2.66. The van der Waals surface area contributed by atoms with Gasteiger partial charge in [0.2, 0.25) is 0 Å². The minimum absolute atomic E-state index is 0.105. The first-order valence-electron chi connectivity index (χ1n) is 14.1. The standard InChI is InChI=1S/C32H36N4O6S2/c1-21(25-11-7-5-8-12-25)35-29(41-31-33-17-19-43-31)23(3)39-27(37)15-16-28(38)40-24(4)30(42-32-34-18-20-44-32)36-22(2)26-13-9-6-10-14-26/h5-24,29-30,35-36H,1-4H3/b16-15-. The van der Waals surface area contributed by atoms with E-state index in [0.29, 0.717) is 10.4 Å². The van der Waals surface area contributed by atoms with Gasteiger partial charge in [-0.15, -0.1) is 0 Å². The zero-order valence-corrected chi connectivity index (χ0v) is 26.5. The normalized spacial score (nSPS) is 15.5. The van der Waals surface area contributed by atoms with Crippen LogP contribution in [0.25, 0.3) is 0 Å². The van der Waals surface area contributed by atoms with Crippen molar-refractivity contribution in [2.24, 2.45) is 0 Å². The van der Waals surface area contributed by atoms with Crippen molar-refractivity contribution >= 4 is 34.6 Å². The Bertz CT molecular complexity index is 1330. The maximum atomic E-state index is 12.7. The van der Waals surface area contributed by atoms with Crippen LogP contribution in [0.2, 0.25) is 0 Å². The summed E-state index contributed by atoms with van der Waals surface area (Å²) in [4.78, 5) is 33.8. The molecule has 0 amide bonds. The van der Waals surface area contributed by atoms with Gasteiger partial charge in [0.15, 0.2) is 12.5 Å². The number of aromatic nitrogens is 2. The highest BCUT2D eigenvalue weighted by Crippen LogP contribution is 2.21. The number of ether oxygens (including phenoxy) is 4. The molecule has 4 rings (SSSR count). The second-order valence-corrected chi connectivity index (χ2v) is 11.6. The quantitative estimate of drug-likeness (QED) is 0.0883. The summed E-state index contributed by atoms with van der Waals surface area (Å²) in [5, 5.41) is 11.2. The van der Waals surface area contributed by atoms with Crippen molar-refractivity contribution in [3.63, 3.8) is 0 Å². The first kappa shape index (κ1) is 32.8. The van der Waals surface area contributed by atoms with Crippen LogP contribution in [0.1, 0.15) is 50.9 Å². The van der Waals surface area contributed by atoms with E-state index in [9.17, 15) is 9.59 Å². The van der Waals surface area contributed by atoms with Crippen LogP contribution in [0.15, 0.2) is 96.0 Å². The number of hydrogen-bond donors (Lipinski definition) is 2. The molecule has 0 aliphatic carbocycles. The Kier molecular flexibility index (Phi) is 12.4. The molecular formula is C32H36N4O6S2. The fourth-order valence-electron chi connectivity index (χ4n) is 4.16. The number of benzene rings is 2. The molecule has 4 aromatic rings. The number of carbonyl (C=O) groups excluding carboxylic acids is 2. The van der Waals surface area contributed by atoms with Gasteiger partial charge in [0.1, 0.15) is 12.2 Å². The van der Waals surface area contributed by atoms with Crippen LogP contribution >= 0.6 is 22.7 Å². The van der Waals surface area contributed by atoms with Crippen LogP contribution in [0, 0.1) is 0 Å². The lowest BCUT2D eigenvalue weighted by molar-refractivity contribution is -0.150. The molecule has 12 heteroatoms. The summed E-state index contributed by atoms with van der Waals surface area (Å²) < 4.78 is 23.2. The third-order valence-electron chi connectivity index (χ3n) is 6.51. The summed E-state index contributed by atoms with van der Waals surface area (Å²) in [6.45, 7) is 7.38. The van der Waals surface area contributed by atoms with E-state index in [1.165, 1.54) is 22.7 Å². The third kappa shape index (κ3) is 10.3. The van der Waals surface area contributed by atoms with Gasteiger partial charge in [0.25, 0.3) is 10.4 Å². The van der Waals surface area contributed by atoms with Crippen LogP contribution in [-0.2, 0) is 19.1 Å². The molecule has 0 saturated heterocycles. The number of nitrogens with one attached hydrogen (secondary N) is 2. The minimum Gasteiger partial charge on any atom is -0.454 e. The topological polar surface area (TPSA) is 121 Å². The van der Waals surface area contributed by atoms with E-state index in [1.807, 2.05) is 74.5 Å². The van der Waals surface area contributed by atoms with Crippen LogP contribution in [-0.4, -0.2) is 46.6 Å². The van der Waals surface area contributed by atoms with Crippen molar-refractivity contribution in [1.29, 1.82) is 0 Å². The van der Waals surface area contributed by atoms with Crippen molar-refractivity contribution in [3.8, 4) is 10.4 Å². The summed E-state index contributed by atoms with van der Waals surface area (Å²) in [6.07, 6.45) is 2.47. The number of carbonyl (C=O) groups is 2. The van der Waals surface area contributed by atoms with Crippen LogP contribution in [0.4, 0.5) is 0 Å². The highest BCUT2D eigenvalue weighted by Gasteiger charge is 2.27. The lowest BCUT2D eigenvalue weighted by Crippen LogP contribution is -2.46. The fraction of sp³-hybridized carbons (Fsp3) is 0.312. The van der Waals surface area contributed by atoms with Gasteiger partial charge in [0, 0.05) is 47.4 Å². The predicted octanol–water partition coefficient (Wildman–Crippen LogP) is 5.83. The fourth-order valence-corrected chi connectivity index (χ4v) is 5.20. The number of hydrogen-bond acceptors (Lipinski definition) is 12. The zero-order chi connectivity index (χ0) is 31.3. The van der Waals surface area contributed by atoms with Crippen molar-refractivity contribution in [2.45, 2.75) is 64.4 Å². The van der Waals surface area contributed by atoms with E-state index in [-0.39, 0.29) is 12.1 Å². The minimum atomic E-state index is -0.726. The molecule has 0 bridgehead atoms. The maximum Gasteiger partial charge on any atom is 0.331 e. The second-order valence-electron chi connectivity index (χ2n) is 9.89. The van der Waals surface area contributed by atoms with Gasteiger partial charge in [-0.3, -0.25) is 10.6 Å². The predicted molar refractivity (Wildman–Crippen MR) is 169 cm³/mol. The molecule has 232 valence electrons. The number of rotatable bonds is 16. The molecule has 2 N–H and O–H groups in total. The van der Waals surface area contributed by atoms with Crippen LogP contribution in [0.5, 0.6) is 10.4 Å². The van der Waals surface area contributed by atoms with E-state index in [0.717, 1.165) is 23.3 Å². The summed E-state index contributed by atoms with van der Waals surface area (Å²) in [7, 11) is 0. The molecule has 2 heterocycles. The van der Waals surface area contributed by atoms with Gasteiger partial charge < -0.3 is 18.9 Å². The molecule has 6 atom stereocenters. The molecule has 6 unspecified atom stereocenters. The molecule has 0 spiro atoms. The monoisotopic (exact) mass is 636 g/mol. The van der Waals surface area contributed by atoms with Crippen molar-refractivity contribution in [1.82, 2.24) is 20.6 Å². The largest absolute Gasteiger partial charge is 0.454 e. The Balaban J connectivity index is 1.34. The van der Waals surface area contributed by atoms with E-state index in [1.54, 1.807) is 37.0 Å². The highest BCUT2D eigenvalue weighted by atomic mass is 32.1. The molecule has 0 aliphatic rings. The van der Waals surface area contributed by atoms with Gasteiger partial charge in [-0.1, -0.05) is 83.3 Å². The Morgan fingerprint density at radius 3 is 1.39 bits per heavy atom. The smallest absolute Gasteiger partial charge is 0.331 e. The van der Waals surface area contributed by atoms with Crippen LogP contribution in [0.3, 0.4) is 0 Å². The number of thiazole rings is 2. The third-order valence-corrected chi connectivity index (χ3v) is 7.84. The number of nitrogens with zero attached hydrogens (tertiary/aromatic N) is 2. The van der Waals surface area contributed by atoms with E-state index >= 15 is 0 Å². The summed E-state index contributed by atoms with van der Waals surface area (Å²) in [6, 6.07) is 19.5. The molecule has 2 aromatic heterocycles. The van der Waals surface area contributed by atoms with Crippen LogP contribution < -0.4 is 20.1 Å². The Morgan fingerprint density at radius 2 is 1.05 bits per heavy atom. The van der Waals surface area contributed by atoms with Gasteiger partial charge in [-0.05, 0) is 38.8 Å². The lowest BCUT2D eigenvalue weighted by Gasteiger charge is -2.28. The molecule has 44 heavy (non-hydrogen) atoms. The molecule has 0 aliphatic heterocycles. The van der Waals surface area contributed by atoms with Crippen molar-refractivity contribution in [3.05, 3.63) is 107 Å². The Labute approximate surface area is 265 Å². The lowest BCUT2D eigenvalue weighted by atomic mass is 10.1. The molecule has 2 aromatic carbocycles. The van der Waals surface area contributed by atoms with E-state index < -0.39 is 36.6 Å². The molecule has 0 radical (unpaired) electrons. The van der Waals surface area contributed by atoms with Crippen molar-refractivity contribution < 1.29 is 28.5 Å². The Morgan fingerprint density at radius 1 is 0.659 bits per heavy atom. The molecule has 0 fully saturated rings. The zero-order valence-electron chi connectivity index (χ0n) is 24.9. The van der Waals surface area contributed by atoms with Gasteiger partial charge >= 0.3 is 11.9 Å². The molecule has 0 saturated carbocycles.